The molecule has 0 aliphatic carbocycles. The van der Waals surface area contributed by atoms with Crippen LogP contribution in [0.15, 0.2) is 41.8 Å². The van der Waals surface area contributed by atoms with Crippen LogP contribution in [-0.4, -0.2) is 62.2 Å². The van der Waals surface area contributed by atoms with Crippen molar-refractivity contribution < 1.29 is 23.1 Å². The number of carbonyl (C=O) groups excluding carboxylic acids is 1. The highest BCUT2D eigenvalue weighted by Gasteiger charge is 2.40. The highest BCUT2D eigenvalue weighted by atomic mass is 35.5. The minimum Gasteiger partial charge on any atom is -0.507 e. The number of amides is 1. The molecule has 1 fully saturated rings. The van der Waals surface area contributed by atoms with Gasteiger partial charge < -0.3 is 20.2 Å². The Balaban J connectivity index is 1.78. The molecule has 2 aromatic carbocycles. The largest absolute Gasteiger partial charge is 0.507 e. The third-order valence-corrected chi connectivity index (χ3v) is 8.89. The molecule has 2 atom stereocenters. The molecule has 2 unspecified atom stereocenters. The second-order valence-electron chi connectivity index (χ2n) is 11.7. The lowest BCUT2D eigenvalue weighted by Gasteiger charge is -2.45. The van der Waals surface area contributed by atoms with Gasteiger partial charge in [-0.1, -0.05) is 32.0 Å². The number of hydrogen-bond acceptors (Lipinski definition) is 7. The molecular weight excluding hydrogens is 609 g/mol. The average Bonchev–Trinajstić information content (AvgIpc) is 3.15. The van der Waals surface area contributed by atoms with Crippen molar-refractivity contribution >= 4 is 39.9 Å². The van der Waals surface area contributed by atoms with Crippen molar-refractivity contribution in [3.05, 3.63) is 81.3 Å². The second kappa shape index (κ2) is 11.1. The van der Waals surface area contributed by atoms with E-state index in [1.54, 1.807) is 24.1 Å². The summed E-state index contributed by atoms with van der Waals surface area (Å²) in [4.78, 5) is 39.3. The van der Waals surface area contributed by atoms with Crippen molar-refractivity contribution in [2.24, 2.45) is 0 Å². The first kappa shape index (κ1) is 30.4. The normalized spacial score (nSPS) is 17.7. The number of fused-ring (bicyclic) bond motifs is 2. The predicted molar refractivity (Wildman–Crippen MR) is 167 cm³/mol. The predicted octanol–water partition coefficient (Wildman–Crippen LogP) is 5.67. The molecule has 4 aromatic rings. The molecule has 4 heterocycles. The van der Waals surface area contributed by atoms with Crippen LogP contribution in [0.5, 0.6) is 5.75 Å². The molecule has 2 N–H and O–H groups in total. The summed E-state index contributed by atoms with van der Waals surface area (Å²) in [5, 5.41) is 13.5. The van der Waals surface area contributed by atoms with Crippen molar-refractivity contribution in [3.63, 3.8) is 0 Å². The lowest BCUT2D eigenvalue weighted by molar-refractivity contribution is -0.128. The van der Waals surface area contributed by atoms with Crippen LogP contribution in [0.4, 0.5) is 24.7 Å². The van der Waals surface area contributed by atoms with Crippen LogP contribution in [0.25, 0.3) is 27.7 Å². The molecule has 1 amide bonds. The van der Waals surface area contributed by atoms with Gasteiger partial charge in [-0.2, -0.15) is 4.98 Å². The topological polar surface area (TPSA) is 104 Å². The Hall–Kier alpha value is -4.58. The van der Waals surface area contributed by atoms with E-state index in [1.165, 1.54) is 10.6 Å². The molecule has 2 aliphatic rings. The zero-order valence-electron chi connectivity index (χ0n) is 25.0. The number of nitrogens with one attached hydrogen (secondary N) is 1. The third kappa shape index (κ3) is 4.61. The number of aromatic hydroxyl groups is 1. The van der Waals surface area contributed by atoms with Crippen LogP contribution in [0, 0.1) is 24.4 Å². The minimum atomic E-state index is -1.51. The van der Waals surface area contributed by atoms with Crippen molar-refractivity contribution in [2.75, 3.05) is 29.9 Å². The number of hydrogen-bond donors (Lipinski definition) is 2. The summed E-state index contributed by atoms with van der Waals surface area (Å²) < 4.78 is 47.9. The van der Waals surface area contributed by atoms with Gasteiger partial charge in [0.05, 0.1) is 44.6 Å². The highest BCUT2D eigenvalue weighted by molar-refractivity contribution is 6.39. The number of piperazine rings is 1. The molecule has 13 heteroatoms. The Labute approximate surface area is 261 Å². The monoisotopic (exact) mass is 638 g/mol. The Morgan fingerprint density at radius 2 is 1.91 bits per heavy atom. The summed E-state index contributed by atoms with van der Waals surface area (Å²) in [5.41, 5.74) is -0.840. The molecular formula is C32H30ClF3N6O3. The number of anilines is 2. The van der Waals surface area contributed by atoms with Crippen molar-refractivity contribution in [3.8, 4) is 22.6 Å². The van der Waals surface area contributed by atoms with E-state index in [2.05, 4.69) is 21.9 Å². The zero-order valence-corrected chi connectivity index (χ0v) is 25.7. The fourth-order valence-electron chi connectivity index (χ4n) is 6.38. The highest BCUT2D eigenvalue weighted by Crippen LogP contribution is 2.49. The molecule has 1 saturated heterocycles. The summed E-state index contributed by atoms with van der Waals surface area (Å²) in [6.45, 7) is 11.5. The van der Waals surface area contributed by atoms with Gasteiger partial charge in [-0.05, 0) is 49.6 Å². The number of phenolic OH excluding ortho intramolecular Hbond substituents is 1. The maximum absolute atomic E-state index is 16.8. The van der Waals surface area contributed by atoms with Gasteiger partial charge in [0.25, 0.3) is 0 Å². The summed E-state index contributed by atoms with van der Waals surface area (Å²) in [6.07, 6.45) is 2.82. The lowest BCUT2D eigenvalue weighted by Crippen LogP contribution is -2.60. The molecule has 2 aliphatic heterocycles. The average molecular weight is 639 g/mol. The Morgan fingerprint density at radius 3 is 2.60 bits per heavy atom. The standard InChI is InChI=1S/C32H30ClF3N6O3/c1-6-20(44)40-13-17-11-38-28-23-30(24(33)22(26(28)36)21-19(43)8-7-18(34)25(21)35)42(29-15(4)9-10-37-27(29)14(2)3)32(45)39-31(23)41(17)12-16(40)5/h6-10,14,16-17,38,43H,1,11-13H2,2-5H3. The van der Waals surface area contributed by atoms with Gasteiger partial charge in [-0.3, -0.25) is 14.3 Å². The molecule has 45 heavy (non-hydrogen) atoms. The zero-order chi connectivity index (χ0) is 32.5. The number of carbonyl (C=O) groups is 1. The van der Waals surface area contributed by atoms with E-state index < -0.39 is 51.1 Å². The van der Waals surface area contributed by atoms with Gasteiger partial charge in [-0.15, -0.1) is 0 Å². The summed E-state index contributed by atoms with van der Waals surface area (Å²) in [5.74, 6) is -4.98. The van der Waals surface area contributed by atoms with E-state index in [0.717, 1.165) is 12.1 Å². The minimum absolute atomic E-state index is 0.0236. The van der Waals surface area contributed by atoms with Gasteiger partial charge in [0, 0.05) is 37.4 Å². The van der Waals surface area contributed by atoms with E-state index >= 15 is 8.78 Å². The lowest BCUT2D eigenvalue weighted by atomic mass is 9.98. The van der Waals surface area contributed by atoms with Crippen molar-refractivity contribution in [2.45, 2.75) is 45.7 Å². The third-order valence-electron chi connectivity index (χ3n) is 8.53. The smallest absolute Gasteiger partial charge is 0.354 e. The number of halogens is 4. The first-order valence-corrected chi connectivity index (χ1v) is 14.8. The summed E-state index contributed by atoms with van der Waals surface area (Å²) in [7, 11) is 0. The number of phenols is 1. The van der Waals surface area contributed by atoms with Gasteiger partial charge in [0.2, 0.25) is 5.91 Å². The van der Waals surface area contributed by atoms with E-state index in [-0.39, 0.29) is 59.9 Å². The van der Waals surface area contributed by atoms with Gasteiger partial charge >= 0.3 is 5.69 Å². The molecule has 234 valence electrons. The van der Waals surface area contributed by atoms with E-state index in [4.69, 9.17) is 11.6 Å². The van der Waals surface area contributed by atoms with E-state index in [0.29, 0.717) is 16.9 Å². The van der Waals surface area contributed by atoms with Crippen molar-refractivity contribution in [1.29, 1.82) is 0 Å². The maximum atomic E-state index is 16.8. The fraction of sp³-hybridized carbons (Fsp3) is 0.312. The number of aromatic nitrogens is 3. The molecule has 0 spiro atoms. The molecule has 6 rings (SSSR count). The first-order chi connectivity index (χ1) is 21.4. The Bertz CT molecular complexity index is 1980. The number of benzene rings is 2. The molecule has 9 nitrogen and oxygen atoms in total. The number of pyridine rings is 1. The van der Waals surface area contributed by atoms with Gasteiger partial charge in [0.15, 0.2) is 17.5 Å². The number of rotatable bonds is 4. The molecule has 0 bridgehead atoms. The molecule has 0 saturated carbocycles. The maximum Gasteiger partial charge on any atom is 0.354 e. The fourth-order valence-corrected chi connectivity index (χ4v) is 6.73. The summed E-state index contributed by atoms with van der Waals surface area (Å²) in [6, 6.07) is 2.54. The quantitative estimate of drug-likeness (QED) is 0.278. The summed E-state index contributed by atoms with van der Waals surface area (Å²) >= 11 is 7.00. The van der Waals surface area contributed by atoms with Crippen LogP contribution in [0.3, 0.4) is 0 Å². The van der Waals surface area contributed by atoms with Crippen LogP contribution in [0.2, 0.25) is 5.02 Å². The van der Waals surface area contributed by atoms with Gasteiger partial charge in [0.1, 0.15) is 11.6 Å². The van der Waals surface area contributed by atoms with E-state index in [1.807, 2.05) is 25.7 Å². The van der Waals surface area contributed by atoms with E-state index in [9.17, 15) is 19.1 Å². The van der Waals surface area contributed by atoms with Crippen LogP contribution < -0.4 is 15.9 Å². The van der Waals surface area contributed by atoms with Crippen LogP contribution in [0.1, 0.15) is 37.9 Å². The number of aryl methyl sites for hydroxylation is 1. The molecule has 0 radical (unpaired) electrons. The first-order valence-electron chi connectivity index (χ1n) is 14.4. The molecule has 2 aromatic heterocycles. The SMILES string of the molecule is C=CC(=O)N1CC2CNc3c(F)c(-c4c(O)ccc(F)c4F)c(Cl)c4c3c(nc(=O)n4-c3c(C)ccnc3C(C)C)N2CC1C. The van der Waals surface area contributed by atoms with Gasteiger partial charge in [-0.25, -0.2) is 18.0 Å². The Kier molecular flexibility index (Phi) is 7.51. The number of nitrogens with zero attached hydrogens (tertiary/aromatic N) is 5. The second-order valence-corrected chi connectivity index (χ2v) is 12.0. The van der Waals surface area contributed by atoms with Crippen LogP contribution >= 0.6 is 11.6 Å². The van der Waals surface area contributed by atoms with Crippen molar-refractivity contribution in [1.82, 2.24) is 19.4 Å². The Morgan fingerprint density at radius 1 is 1.18 bits per heavy atom. The van der Waals surface area contributed by atoms with Crippen LogP contribution in [-0.2, 0) is 4.79 Å².